The maximum atomic E-state index is 13.4. The molecule has 8 rings (SSSR count). The van der Waals surface area contributed by atoms with Gasteiger partial charge in [-0.15, -0.1) is 0 Å². The zero-order chi connectivity index (χ0) is 45.9. The predicted molar refractivity (Wildman–Crippen MR) is 255 cm³/mol. The van der Waals surface area contributed by atoms with Crippen LogP contribution in [0.25, 0.3) is 0 Å². The molecule has 0 saturated heterocycles. The molecule has 0 amide bonds. The number of carbonyl (C=O) groups is 1. The number of carboxylic acid groups (broad SMARTS) is 1. The molecule has 4 aliphatic rings. The minimum Gasteiger partial charge on any atom is -0.544 e. The van der Waals surface area contributed by atoms with E-state index in [4.69, 9.17) is 23.7 Å². The molecule has 0 saturated carbocycles. The molecular formula is C55H74N2O8. The number of nitrogens with zero attached hydrogens (tertiary/aromatic N) is 2. The third kappa shape index (κ3) is 11.2. The van der Waals surface area contributed by atoms with E-state index in [1.54, 1.807) is 21.3 Å². The molecule has 6 bridgehead atoms. The van der Waals surface area contributed by atoms with Gasteiger partial charge in [0, 0.05) is 43.0 Å². The van der Waals surface area contributed by atoms with Crippen molar-refractivity contribution in [2.45, 2.75) is 147 Å². The Hall–Kier alpha value is -4.93. The lowest BCUT2D eigenvalue weighted by Gasteiger charge is -2.51. The number of unbranched alkanes of at least 4 members (excludes halogenated alkanes) is 13. The first kappa shape index (κ1) is 48.0. The molecule has 352 valence electrons. The second kappa shape index (κ2) is 22.5. The first-order chi connectivity index (χ1) is 31.6. The number of fused-ring (bicyclic) bond motifs is 2. The van der Waals surface area contributed by atoms with Crippen LogP contribution in [0.4, 0.5) is 0 Å². The van der Waals surface area contributed by atoms with Gasteiger partial charge in [0.25, 0.3) is 0 Å². The summed E-state index contributed by atoms with van der Waals surface area (Å²) >= 11 is 0. The van der Waals surface area contributed by atoms with Gasteiger partial charge < -0.3 is 43.2 Å². The van der Waals surface area contributed by atoms with Crippen LogP contribution in [-0.2, 0) is 30.5 Å². The summed E-state index contributed by atoms with van der Waals surface area (Å²) < 4.78 is 31.4. The highest BCUT2D eigenvalue weighted by Gasteiger charge is 2.46. The highest BCUT2D eigenvalue weighted by Crippen LogP contribution is 2.52. The van der Waals surface area contributed by atoms with Crippen molar-refractivity contribution in [3.05, 3.63) is 94.0 Å². The number of likely N-dealkylation sites (N-methyl/N-ethyl adjacent to an activating group) is 2. The van der Waals surface area contributed by atoms with Gasteiger partial charge in [-0.2, -0.15) is 0 Å². The summed E-state index contributed by atoms with van der Waals surface area (Å²) in [4.78, 5) is 15.7. The summed E-state index contributed by atoms with van der Waals surface area (Å²) in [6, 6.07) is 19.0. The minimum atomic E-state index is -1.00. The van der Waals surface area contributed by atoms with Gasteiger partial charge in [0.05, 0.1) is 40.9 Å². The normalized spacial score (nSPS) is 19.5. The Labute approximate surface area is 388 Å². The molecule has 0 aliphatic carbocycles. The Morgan fingerprint density at radius 1 is 0.738 bits per heavy atom. The number of methoxy groups -OCH3 is 3. The maximum Gasteiger partial charge on any atom is 0.201 e. The van der Waals surface area contributed by atoms with Crippen LogP contribution in [0.3, 0.4) is 0 Å². The molecule has 0 radical (unpaired) electrons. The van der Waals surface area contributed by atoms with E-state index >= 15 is 0 Å². The summed E-state index contributed by atoms with van der Waals surface area (Å²) in [5.74, 6) is 2.48. The lowest BCUT2D eigenvalue weighted by atomic mass is 9.84. The number of aliphatic carboxylic acids is 1. The Balaban J connectivity index is 1.21. The zero-order valence-corrected chi connectivity index (χ0v) is 40.1. The molecular weight excluding hydrogens is 817 g/mol. The standard InChI is InChI=1S/C55H74N2O8/c1-7-8-9-10-11-12-13-14-15-16-17-18-19-20-21-45(55(59)60)57(3)31-29-40-35-48(62-5)50-37-43(40)46(57)33-38-22-25-42(26-23-38)64-49-34-39(24-27-47(49)61-4)32-44-52-41(28-30-56(44)2)36-51(63-6)53(58)54(52)65-50/h22-27,34-37,44-46H,7-21,28-33H2,1-6H3,(H-,58,59,60). The van der Waals surface area contributed by atoms with Crippen molar-refractivity contribution in [2.24, 2.45) is 0 Å². The van der Waals surface area contributed by atoms with Gasteiger partial charge in [-0.1, -0.05) is 109 Å². The van der Waals surface area contributed by atoms with Crippen molar-refractivity contribution >= 4 is 5.97 Å². The first-order valence-corrected chi connectivity index (χ1v) is 24.6. The Kier molecular flexibility index (Phi) is 16.6. The van der Waals surface area contributed by atoms with Gasteiger partial charge in [0.15, 0.2) is 34.5 Å². The maximum absolute atomic E-state index is 13.4. The molecule has 0 spiro atoms. The smallest absolute Gasteiger partial charge is 0.201 e. The summed E-state index contributed by atoms with van der Waals surface area (Å²) in [5, 5.41) is 25.4. The van der Waals surface area contributed by atoms with E-state index in [0.717, 1.165) is 65.6 Å². The van der Waals surface area contributed by atoms with Crippen LogP contribution < -0.4 is 28.8 Å². The van der Waals surface area contributed by atoms with Crippen LogP contribution in [0, 0.1) is 0 Å². The molecule has 65 heavy (non-hydrogen) atoms. The SMILES string of the molecule is CCCCCCCCCCCCCCCCC(C(=O)[O-])[N+]1(C)CCc2cc(OC)c3cc2C1Cc1ccc(cc1)Oc1cc(ccc1OC)CC1c2c(cc(OC)c(O)c2O3)CCN1C. The number of aromatic hydroxyl groups is 1. The highest BCUT2D eigenvalue weighted by molar-refractivity contribution is 5.70. The summed E-state index contributed by atoms with van der Waals surface area (Å²) in [7, 11) is 9.05. The van der Waals surface area contributed by atoms with Crippen molar-refractivity contribution < 1.29 is 43.2 Å². The lowest BCUT2D eigenvalue weighted by molar-refractivity contribution is -0.958. The molecule has 4 aromatic rings. The van der Waals surface area contributed by atoms with Crippen LogP contribution in [0.5, 0.6) is 46.0 Å². The molecule has 4 aliphatic heterocycles. The zero-order valence-electron chi connectivity index (χ0n) is 40.1. The second-order valence-corrected chi connectivity index (χ2v) is 19.1. The number of hydrogen-bond donors (Lipinski definition) is 1. The highest BCUT2D eigenvalue weighted by atomic mass is 16.5. The van der Waals surface area contributed by atoms with E-state index in [1.807, 2.05) is 42.5 Å². The molecule has 4 aromatic carbocycles. The number of ether oxygens (including phenoxy) is 5. The van der Waals surface area contributed by atoms with E-state index in [-0.39, 0.29) is 17.8 Å². The van der Waals surface area contributed by atoms with Crippen LogP contribution >= 0.6 is 0 Å². The number of carbonyl (C=O) groups excluding carboxylic acids is 1. The van der Waals surface area contributed by atoms with E-state index in [9.17, 15) is 15.0 Å². The molecule has 10 nitrogen and oxygen atoms in total. The van der Waals surface area contributed by atoms with Crippen molar-refractivity contribution in [2.75, 3.05) is 48.5 Å². The Morgan fingerprint density at radius 3 is 1.97 bits per heavy atom. The monoisotopic (exact) mass is 891 g/mol. The summed E-state index contributed by atoms with van der Waals surface area (Å²) in [5.41, 5.74) is 6.11. The van der Waals surface area contributed by atoms with Gasteiger partial charge in [-0.3, -0.25) is 4.90 Å². The number of phenols is 1. The fraction of sp³-hybridized carbons (Fsp3) is 0.545. The number of rotatable bonds is 20. The van der Waals surface area contributed by atoms with Gasteiger partial charge >= 0.3 is 0 Å². The Bertz CT molecular complexity index is 2210. The second-order valence-electron chi connectivity index (χ2n) is 19.1. The van der Waals surface area contributed by atoms with E-state index in [0.29, 0.717) is 77.0 Å². The predicted octanol–water partition coefficient (Wildman–Crippen LogP) is 11.4. The number of benzene rings is 4. The third-order valence-corrected chi connectivity index (χ3v) is 14.8. The number of hydrogen-bond acceptors (Lipinski definition) is 9. The minimum absolute atomic E-state index is 0.0821. The van der Waals surface area contributed by atoms with Gasteiger partial charge in [0.2, 0.25) is 5.75 Å². The Morgan fingerprint density at radius 2 is 1.34 bits per heavy atom. The van der Waals surface area contributed by atoms with Crippen molar-refractivity contribution in [1.82, 2.24) is 4.90 Å². The van der Waals surface area contributed by atoms with Crippen molar-refractivity contribution in [3.8, 4) is 46.0 Å². The van der Waals surface area contributed by atoms with Crippen LogP contribution in [0.15, 0.2) is 60.7 Å². The molecule has 1 N–H and O–H groups in total. The van der Waals surface area contributed by atoms with Crippen LogP contribution in [-0.4, -0.2) is 75.0 Å². The van der Waals surface area contributed by atoms with Gasteiger partial charge in [-0.25, -0.2) is 0 Å². The number of quaternary nitrogens is 1. The quantitative estimate of drug-likeness (QED) is 0.0685. The fourth-order valence-corrected chi connectivity index (χ4v) is 10.9. The summed E-state index contributed by atoms with van der Waals surface area (Å²) in [6.45, 7) is 3.70. The van der Waals surface area contributed by atoms with E-state index < -0.39 is 12.0 Å². The summed E-state index contributed by atoms with van der Waals surface area (Å²) in [6.07, 6.45) is 20.6. The lowest BCUT2D eigenvalue weighted by Crippen LogP contribution is -2.63. The average molecular weight is 891 g/mol. The van der Waals surface area contributed by atoms with E-state index in [2.05, 4.69) is 44.1 Å². The fourth-order valence-electron chi connectivity index (χ4n) is 10.9. The largest absolute Gasteiger partial charge is 0.544 e. The molecule has 0 aromatic heterocycles. The number of carboxylic acids is 1. The average Bonchev–Trinajstić information content (AvgIpc) is 3.30. The van der Waals surface area contributed by atoms with Crippen LogP contribution in [0.2, 0.25) is 0 Å². The van der Waals surface area contributed by atoms with E-state index in [1.165, 1.54) is 70.6 Å². The third-order valence-electron chi connectivity index (χ3n) is 14.8. The van der Waals surface area contributed by atoms with Crippen molar-refractivity contribution in [3.63, 3.8) is 0 Å². The topological polar surface area (TPSA) is 110 Å². The number of phenolic OH excluding ortho intramolecular Hbond substituents is 1. The van der Waals surface area contributed by atoms with Crippen molar-refractivity contribution in [1.29, 1.82) is 0 Å². The molecule has 4 heterocycles. The van der Waals surface area contributed by atoms with Gasteiger partial charge in [0.1, 0.15) is 17.8 Å². The molecule has 4 unspecified atom stereocenters. The molecule has 4 atom stereocenters. The first-order valence-electron chi connectivity index (χ1n) is 24.6. The molecule has 0 fully saturated rings. The van der Waals surface area contributed by atoms with Crippen LogP contribution in [0.1, 0.15) is 149 Å². The van der Waals surface area contributed by atoms with Gasteiger partial charge in [-0.05, 0) is 91.0 Å². The molecule has 10 heteroatoms.